The first-order chi connectivity index (χ1) is 14.9. The summed E-state index contributed by atoms with van der Waals surface area (Å²) in [5, 5.41) is 12.7. The van der Waals surface area contributed by atoms with Gasteiger partial charge in [0.1, 0.15) is 0 Å². The molecule has 31 heavy (non-hydrogen) atoms. The van der Waals surface area contributed by atoms with E-state index in [1.807, 2.05) is 44.2 Å². The Labute approximate surface area is 189 Å². The Balaban J connectivity index is 1.78. The highest BCUT2D eigenvalue weighted by molar-refractivity contribution is 7.99. The molecule has 0 saturated heterocycles. The molecule has 6 nitrogen and oxygen atoms in total. The first kappa shape index (κ1) is 23.0. The van der Waals surface area contributed by atoms with Gasteiger partial charge in [-0.25, -0.2) is 0 Å². The summed E-state index contributed by atoms with van der Waals surface area (Å²) >= 11 is 1.42. The van der Waals surface area contributed by atoms with Gasteiger partial charge in [0, 0.05) is 5.69 Å². The van der Waals surface area contributed by atoms with Gasteiger partial charge in [-0.1, -0.05) is 66.7 Å². The fourth-order valence-corrected chi connectivity index (χ4v) is 4.36. The number of amides is 1. The maximum Gasteiger partial charge on any atom is 0.234 e. The second-order valence-electron chi connectivity index (χ2n) is 7.96. The Morgan fingerprint density at radius 3 is 2.52 bits per heavy atom. The maximum absolute atomic E-state index is 12.6. The second-order valence-corrected chi connectivity index (χ2v) is 8.90. The van der Waals surface area contributed by atoms with Crippen molar-refractivity contribution in [2.24, 2.45) is 0 Å². The van der Waals surface area contributed by atoms with Crippen LogP contribution >= 0.6 is 11.8 Å². The third-order valence-electron chi connectivity index (χ3n) is 5.23. The third-order valence-corrected chi connectivity index (χ3v) is 6.19. The lowest BCUT2D eigenvalue weighted by Gasteiger charge is -2.23. The van der Waals surface area contributed by atoms with Crippen molar-refractivity contribution in [3.05, 3.63) is 71.0 Å². The highest BCUT2D eigenvalue weighted by atomic mass is 32.2. The highest BCUT2D eigenvalue weighted by Crippen LogP contribution is 2.26. The standard InChI is InChI=1S/C24H31N5OS/c1-6-21(28(4)5)23-26-27-24(29(23)15-19-10-8-7-9-11-19)31-16-22(30)25-20-13-12-17(2)14-18(20)3/h7-14,21H,6,15-16H2,1-5H3,(H,25,30). The molecule has 1 N–H and O–H groups in total. The summed E-state index contributed by atoms with van der Waals surface area (Å²) in [7, 11) is 4.11. The van der Waals surface area contributed by atoms with Crippen LogP contribution in [0.1, 0.15) is 41.9 Å². The Morgan fingerprint density at radius 2 is 1.87 bits per heavy atom. The number of carbonyl (C=O) groups excluding carboxylic acids is 1. The van der Waals surface area contributed by atoms with Gasteiger partial charge < -0.3 is 9.88 Å². The molecule has 1 amide bonds. The molecule has 1 atom stereocenters. The summed E-state index contributed by atoms with van der Waals surface area (Å²) in [6.45, 7) is 6.87. The van der Waals surface area contributed by atoms with Gasteiger partial charge in [0.25, 0.3) is 0 Å². The molecule has 0 fully saturated rings. The molecule has 7 heteroatoms. The number of thioether (sulfide) groups is 1. The van der Waals surface area contributed by atoms with Gasteiger partial charge in [0.2, 0.25) is 5.91 Å². The molecule has 0 saturated carbocycles. The lowest BCUT2D eigenvalue weighted by molar-refractivity contribution is -0.113. The molecule has 0 spiro atoms. The van der Waals surface area contributed by atoms with Crippen LogP contribution in [0.15, 0.2) is 53.7 Å². The summed E-state index contributed by atoms with van der Waals surface area (Å²) in [6, 6.07) is 16.5. The average Bonchev–Trinajstić information content (AvgIpc) is 3.12. The predicted octanol–water partition coefficient (Wildman–Crippen LogP) is 4.69. The van der Waals surface area contributed by atoms with Crippen molar-refractivity contribution in [1.82, 2.24) is 19.7 Å². The van der Waals surface area contributed by atoms with Crippen LogP contribution in [0, 0.1) is 13.8 Å². The summed E-state index contributed by atoms with van der Waals surface area (Å²) in [4.78, 5) is 14.8. The van der Waals surface area contributed by atoms with E-state index >= 15 is 0 Å². The molecule has 1 heterocycles. The van der Waals surface area contributed by atoms with Crippen LogP contribution in [-0.2, 0) is 11.3 Å². The predicted molar refractivity (Wildman–Crippen MR) is 128 cm³/mol. The minimum atomic E-state index is -0.0487. The monoisotopic (exact) mass is 437 g/mol. The van der Waals surface area contributed by atoms with Crippen molar-refractivity contribution in [2.75, 3.05) is 25.2 Å². The molecule has 3 aromatic rings. The zero-order valence-electron chi connectivity index (χ0n) is 18.9. The van der Waals surface area contributed by atoms with Gasteiger partial charge in [-0.2, -0.15) is 0 Å². The molecule has 3 rings (SSSR count). The van der Waals surface area contributed by atoms with E-state index in [9.17, 15) is 4.79 Å². The molecule has 2 aromatic carbocycles. The van der Waals surface area contributed by atoms with Crippen molar-refractivity contribution >= 4 is 23.4 Å². The van der Waals surface area contributed by atoms with Gasteiger partial charge in [0.15, 0.2) is 11.0 Å². The van der Waals surface area contributed by atoms with Gasteiger partial charge in [-0.05, 0) is 51.6 Å². The molecule has 0 aliphatic rings. The number of hydrogen-bond acceptors (Lipinski definition) is 5. The number of aryl methyl sites for hydroxylation is 2. The first-order valence-electron chi connectivity index (χ1n) is 10.5. The molecular weight excluding hydrogens is 406 g/mol. The lowest BCUT2D eigenvalue weighted by Crippen LogP contribution is -2.23. The minimum absolute atomic E-state index is 0.0487. The number of hydrogen-bond donors (Lipinski definition) is 1. The van der Waals surface area contributed by atoms with E-state index < -0.39 is 0 Å². The molecule has 0 bridgehead atoms. The fraction of sp³-hybridized carbons (Fsp3) is 0.375. The van der Waals surface area contributed by atoms with Crippen molar-refractivity contribution in [2.45, 2.75) is 44.9 Å². The van der Waals surface area contributed by atoms with Gasteiger partial charge in [-0.3, -0.25) is 9.69 Å². The summed E-state index contributed by atoms with van der Waals surface area (Å²) in [5.41, 5.74) is 4.27. The number of nitrogens with one attached hydrogen (secondary N) is 1. The van der Waals surface area contributed by atoms with Gasteiger partial charge >= 0.3 is 0 Å². The van der Waals surface area contributed by atoms with Crippen LogP contribution in [-0.4, -0.2) is 45.4 Å². The smallest absolute Gasteiger partial charge is 0.234 e. The minimum Gasteiger partial charge on any atom is -0.325 e. The zero-order valence-corrected chi connectivity index (χ0v) is 19.7. The van der Waals surface area contributed by atoms with Crippen molar-refractivity contribution in [1.29, 1.82) is 0 Å². The topological polar surface area (TPSA) is 63.1 Å². The first-order valence-corrected chi connectivity index (χ1v) is 11.5. The molecule has 164 valence electrons. The molecule has 0 radical (unpaired) electrons. The van der Waals surface area contributed by atoms with Crippen LogP contribution in [0.3, 0.4) is 0 Å². The van der Waals surface area contributed by atoms with E-state index in [-0.39, 0.29) is 17.7 Å². The third kappa shape index (κ3) is 5.95. The highest BCUT2D eigenvalue weighted by Gasteiger charge is 2.22. The van der Waals surface area contributed by atoms with Crippen molar-refractivity contribution < 1.29 is 4.79 Å². The maximum atomic E-state index is 12.6. The van der Waals surface area contributed by atoms with Crippen molar-refractivity contribution in [3.63, 3.8) is 0 Å². The van der Waals surface area contributed by atoms with E-state index in [4.69, 9.17) is 0 Å². The number of rotatable bonds is 9. The normalized spacial score (nSPS) is 12.2. The van der Waals surface area contributed by atoms with E-state index in [1.54, 1.807) is 0 Å². The van der Waals surface area contributed by atoms with E-state index in [2.05, 4.69) is 64.2 Å². The molecule has 0 aliphatic heterocycles. The van der Waals surface area contributed by atoms with E-state index in [1.165, 1.54) is 22.9 Å². The van der Waals surface area contributed by atoms with Crippen LogP contribution in [0.4, 0.5) is 5.69 Å². The number of aromatic nitrogens is 3. The van der Waals surface area contributed by atoms with Gasteiger partial charge in [-0.15, -0.1) is 10.2 Å². The van der Waals surface area contributed by atoms with Crippen LogP contribution in [0.5, 0.6) is 0 Å². The largest absolute Gasteiger partial charge is 0.325 e. The van der Waals surface area contributed by atoms with E-state index in [0.29, 0.717) is 6.54 Å². The van der Waals surface area contributed by atoms with Crippen molar-refractivity contribution in [3.8, 4) is 0 Å². The Bertz CT molecular complexity index is 1020. The Kier molecular flexibility index (Phi) is 7.87. The summed E-state index contributed by atoms with van der Waals surface area (Å²) < 4.78 is 2.14. The SMILES string of the molecule is CCC(c1nnc(SCC(=O)Nc2ccc(C)cc2C)n1Cc1ccccc1)N(C)C. The van der Waals surface area contributed by atoms with Gasteiger partial charge in [0.05, 0.1) is 18.3 Å². The number of anilines is 1. The fourth-order valence-electron chi connectivity index (χ4n) is 3.62. The van der Waals surface area contributed by atoms with Crippen LogP contribution < -0.4 is 5.32 Å². The van der Waals surface area contributed by atoms with E-state index in [0.717, 1.165) is 28.7 Å². The van der Waals surface area contributed by atoms with Crippen LogP contribution in [0.2, 0.25) is 0 Å². The summed E-state index contributed by atoms with van der Waals surface area (Å²) in [6.07, 6.45) is 0.928. The molecule has 0 aliphatic carbocycles. The summed E-state index contributed by atoms with van der Waals surface area (Å²) in [5.74, 6) is 1.15. The zero-order chi connectivity index (χ0) is 22.4. The molecule has 1 aromatic heterocycles. The number of nitrogens with zero attached hydrogens (tertiary/aromatic N) is 4. The lowest BCUT2D eigenvalue weighted by atomic mass is 10.1. The molecule has 1 unspecified atom stereocenters. The number of benzene rings is 2. The average molecular weight is 438 g/mol. The molecular formula is C24H31N5OS. The Hall–Kier alpha value is -2.64. The Morgan fingerprint density at radius 1 is 1.13 bits per heavy atom. The van der Waals surface area contributed by atoms with Crippen LogP contribution in [0.25, 0.3) is 0 Å². The second kappa shape index (κ2) is 10.6. The number of carbonyl (C=O) groups is 1. The quantitative estimate of drug-likeness (QED) is 0.492.